The molecule has 0 spiro atoms. The van der Waals surface area contributed by atoms with Crippen LogP contribution in [0, 0.1) is 13.8 Å². The number of hydrogen-bond donors (Lipinski definition) is 1. The number of benzene rings is 1. The molecule has 0 aromatic heterocycles. The van der Waals surface area contributed by atoms with Crippen molar-refractivity contribution in [3.63, 3.8) is 0 Å². The van der Waals surface area contributed by atoms with Crippen LogP contribution in [0.1, 0.15) is 24.0 Å². The zero-order chi connectivity index (χ0) is 19.9. The summed E-state index contributed by atoms with van der Waals surface area (Å²) in [5.41, 5.74) is 1.91. The minimum Gasteiger partial charge on any atom is -0.456 e. The van der Waals surface area contributed by atoms with Crippen LogP contribution < -0.4 is 4.72 Å². The van der Waals surface area contributed by atoms with Crippen LogP contribution in [-0.4, -0.2) is 64.6 Å². The zero-order valence-corrected chi connectivity index (χ0v) is 16.5. The summed E-state index contributed by atoms with van der Waals surface area (Å²) in [6, 6.07) is 4.92. The summed E-state index contributed by atoms with van der Waals surface area (Å²) in [4.78, 5) is 25.4. The Labute approximate surface area is 159 Å². The van der Waals surface area contributed by atoms with Crippen LogP contribution in [0.4, 0.5) is 0 Å². The van der Waals surface area contributed by atoms with Gasteiger partial charge in [-0.25, -0.2) is 13.1 Å². The summed E-state index contributed by atoms with van der Waals surface area (Å²) < 4.78 is 37.1. The molecule has 1 aromatic rings. The van der Waals surface area contributed by atoms with E-state index in [9.17, 15) is 18.0 Å². The van der Waals surface area contributed by atoms with E-state index >= 15 is 0 Å². The highest BCUT2D eigenvalue weighted by Crippen LogP contribution is 2.14. The molecule has 2 rings (SSSR count). The highest BCUT2D eigenvalue weighted by atomic mass is 32.2. The topological polar surface area (TPSA) is 102 Å². The van der Waals surface area contributed by atoms with Crippen molar-refractivity contribution in [3.05, 3.63) is 29.3 Å². The average molecular weight is 398 g/mol. The third-order valence-corrected chi connectivity index (χ3v) is 5.82. The fourth-order valence-corrected chi connectivity index (χ4v) is 3.68. The van der Waals surface area contributed by atoms with Crippen molar-refractivity contribution in [1.29, 1.82) is 0 Å². The average Bonchev–Trinajstić information content (AvgIpc) is 2.66. The van der Waals surface area contributed by atoms with Crippen molar-refractivity contribution in [1.82, 2.24) is 9.62 Å². The normalized spacial score (nSPS) is 14.8. The fraction of sp³-hybridized carbons (Fsp3) is 0.556. The van der Waals surface area contributed by atoms with Gasteiger partial charge in [0.25, 0.3) is 5.91 Å². The van der Waals surface area contributed by atoms with E-state index in [0.29, 0.717) is 26.3 Å². The molecular weight excluding hydrogens is 372 g/mol. The van der Waals surface area contributed by atoms with Gasteiger partial charge >= 0.3 is 5.97 Å². The number of nitrogens with one attached hydrogen (secondary N) is 1. The largest absolute Gasteiger partial charge is 0.456 e. The van der Waals surface area contributed by atoms with Crippen molar-refractivity contribution in [3.8, 4) is 0 Å². The van der Waals surface area contributed by atoms with Crippen molar-refractivity contribution in [2.24, 2.45) is 0 Å². The molecule has 1 N–H and O–H groups in total. The van der Waals surface area contributed by atoms with Gasteiger partial charge in [-0.15, -0.1) is 0 Å². The Morgan fingerprint density at radius 2 is 1.89 bits per heavy atom. The first-order chi connectivity index (χ1) is 12.8. The van der Waals surface area contributed by atoms with Gasteiger partial charge in [0, 0.05) is 26.1 Å². The van der Waals surface area contributed by atoms with Crippen LogP contribution in [0.15, 0.2) is 23.1 Å². The molecule has 0 atom stereocenters. The highest BCUT2D eigenvalue weighted by molar-refractivity contribution is 7.89. The van der Waals surface area contributed by atoms with Gasteiger partial charge in [-0.1, -0.05) is 6.07 Å². The number of nitrogens with zero attached hydrogens (tertiary/aromatic N) is 1. The maximum atomic E-state index is 12.2. The third-order valence-electron chi connectivity index (χ3n) is 4.36. The van der Waals surface area contributed by atoms with E-state index in [4.69, 9.17) is 9.47 Å². The second kappa shape index (κ2) is 9.82. The number of morpholine rings is 1. The van der Waals surface area contributed by atoms with E-state index in [-0.39, 0.29) is 36.8 Å². The molecule has 0 unspecified atom stereocenters. The summed E-state index contributed by atoms with van der Waals surface area (Å²) in [7, 11) is -3.61. The van der Waals surface area contributed by atoms with Gasteiger partial charge in [0.1, 0.15) is 0 Å². The molecule has 0 bridgehead atoms. The number of esters is 1. The molecule has 1 amide bonds. The summed E-state index contributed by atoms with van der Waals surface area (Å²) in [5.74, 6) is -0.774. The van der Waals surface area contributed by atoms with Crippen LogP contribution in [0.2, 0.25) is 0 Å². The van der Waals surface area contributed by atoms with Gasteiger partial charge in [0.2, 0.25) is 10.0 Å². The van der Waals surface area contributed by atoms with E-state index < -0.39 is 16.0 Å². The Hall–Kier alpha value is -1.97. The van der Waals surface area contributed by atoms with E-state index in [1.807, 2.05) is 13.8 Å². The Morgan fingerprint density at radius 1 is 1.19 bits per heavy atom. The smallest absolute Gasteiger partial charge is 0.306 e. The minimum atomic E-state index is -3.61. The molecule has 8 nitrogen and oxygen atoms in total. The molecule has 1 heterocycles. The predicted octanol–water partition coefficient (Wildman–Crippen LogP) is 0.764. The Morgan fingerprint density at radius 3 is 2.56 bits per heavy atom. The predicted molar refractivity (Wildman–Crippen MR) is 98.7 cm³/mol. The number of amides is 1. The summed E-state index contributed by atoms with van der Waals surface area (Å²) in [6.45, 7) is 5.54. The lowest BCUT2D eigenvalue weighted by atomic mass is 10.1. The number of aryl methyl sites for hydroxylation is 2. The molecule has 150 valence electrons. The van der Waals surface area contributed by atoms with Gasteiger partial charge in [-0.2, -0.15) is 0 Å². The Kier molecular flexibility index (Phi) is 7.76. The lowest BCUT2D eigenvalue weighted by molar-refractivity contribution is -0.153. The SMILES string of the molecule is Cc1ccc(S(=O)(=O)NCCCC(=O)OCC(=O)N2CCOCC2)cc1C. The number of hydrogen-bond acceptors (Lipinski definition) is 6. The lowest BCUT2D eigenvalue weighted by Gasteiger charge is -2.26. The third kappa shape index (κ3) is 6.60. The molecule has 0 saturated carbocycles. The van der Waals surface area contributed by atoms with E-state index in [1.54, 1.807) is 23.1 Å². The van der Waals surface area contributed by atoms with E-state index in [0.717, 1.165) is 11.1 Å². The summed E-state index contributed by atoms with van der Waals surface area (Å²) in [6.07, 6.45) is 0.320. The number of sulfonamides is 1. The first kappa shape index (κ1) is 21.3. The van der Waals surface area contributed by atoms with Crippen molar-refractivity contribution < 1.29 is 27.5 Å². The monoisotopic (exact) mass is 398 g/mol. The fourth-order valence-electron chi connectivity index (χ4n) is 2.52. The summed E-state index contributed by atoms with van der Waals surface area (Å²) in [5, 5.41) is 0. The van der Waals surface area contributed by atoms with Crippen molar-refractivity contribution >= 4 is 21.9 Å². The molecular formula is C18H26N2O6S. The Balaban J connectivity index is 1.68. The second-order valence-corrected chi connectivity index (χ2v) is 8.17. The van der Waals surface area contributed by atoms with Gasteiger partial charge < -0.3 is 14.4 Å². The van der Waals surface area contributed by atoms with Gasteiger partial charge in [0.15, 0.2) is 6.61 Å². The molecule has 1 aliphatic rings. The number of carbonyl (C=O) groups is 2. The number of rotatable bonds is 8. The molecule has 1 aliphatic heterocycles. The standard InChI is InChI=1S/C18H26N2O6S/c1-14-5-6-16(12-15(14)2)27(23,24)19-7-3-4-18(22)26-13-17(21)20-8-10-25-11-9-20/h5-6,12,19H,3-4,7-11,13H2,1-2H3. The van der Waals surface area contributed by atoms with Crippen molar-refractivity contribution in [2.45, 2.75) is 31.6 Å². The first-order valence-corrected chi connectivity index (χ1v) is 10.4. The molecule has 1 aromatic carbocycles. The van der Waals surface area contributed by atoms with Crippen LogP contribution in [0.3, 0.4) is 0 Å². The molecule has 9 heteroatoms. The maximum absolute atomic E-state index is 12.2. The van der Waals surface area contributed by atoms with E-state index in [2.05, 4.69) is 4.72 Å². The molecule has 1 saturated heterocycles. The zero-order valence-electron chi connectivity index (χ0n) is 15.7. The molecule has 0 aliphatic carbocycles. The van der Waals surface area contributed by atoms with Crippen LogP contribution in [0.25, 0.3) is 0 Å². The van der Waals surface area contributed by atoms with Gasteiger partial charge in [-0.05, 0) is 43.5 Å². The van der Waals surface area contributed by atoms with Gasteiger partial charge in [-0.3, -0.25) is 9.59 Å². The van der Waals surface area contributed by atoms with Crippen molar-refractivity contribution in [2.75, 3.05) is 39.5 Å². The van der Waals surface area contributed by atoms with Crippen LogP contribution in [0.5, 0.6) is 0 Å². The Bertz CT molecular complexity index is 772. The van der Waals surface area contributed by atoms with Crippen LogP contribution >= 0.6 is 0 Å². The summed E-state index contributed by atoms with van der Waals surface area (Å²) >= 11 is 0. The molecule has 0 radical (unpaired) electrons. The molecule has 1 fully saturated rings. The number of ether oxygens (including phenoxy) is 2. The quantitative estimate of drug-likeness (QED) is 0.512. The number of carbonyl (C=O) groups excluding carboxylic acids is 2. The maximum Gasteiger partial charge on any atom is 0.306 e. The van der Waals surface area contributed by atoms with E-state index in [1.165, 1.54) is 0 Å². The minimum absolute atomic E-state index is 0.0336. The van der Waals surface area contributed by atoms with Gasteiger partial charge in [0.05, 0.1) is 18.1 Å². The molecule has 27 heavy (non-hydrogen) atoms. The highest BCUT2D eigenvalue weighted by Gasteiger charge is 2.18. The van der Waals surface area contributed by atoms with Crippen LogP contribution in [-0.2, 0) is 29.1 Å². The first-order valence-electron chi connectivity index (χ1n) is 8.87. The second-order valence-electron chi connectivity index (χ2n) is 6.40. The lowest BCUT2D eigenvalue weighted by Crippen LogP contribution is -2.42.